The van der Waals surface area contributed by atoms with E-state index in [1.165, 1.54) is 24.5 Å². The molecule has 0 saturated carbocycles. The van der Waals surface area contributed by atoms with Crippen LogP contribution in [0, 0.1) is 0 Å². The van der Waals surface area contributed by atoms with Crippen molar-refractivity contribution in [2.24, 2.45) is 0 Å². The van der Waals surface area contributed by atoms with Gasteiger partial charge in [0.15, 0.2) is 0 Å². The van der Waals surface area contributed by atoms with Crippen LogP contribution in [0.15, 0.2) is 58.7 Å². The first-order valence-electron chi connectivity index (χ1n) is 7.53. The molecule has 0 bridgehead atoms. The Labute approximate surface area is 140 Å². The largest absolute Gasteiger partial charge is 0.473 e. The molecule has 1 aliphatic carbocycles. The number of aromatic nitrogens is 3. The van der Waals surface area contributed by atoms with Gasteiger partial charge in [0.2, 0.25) is 5.88 Å². The van der Waals surface area contributed by atoms with Crippen molar-refractivity contribution in [3.05, 3.63) is 64.2 Å². The molecular weight excluding hydrogens is 335 g/mol. The van der Waals surface area contributed by atoms with Crippen LogP contribution >= 0.6 is 0 Å². The highest BCUT2D eigenvalue weighted by Crippen LogP contribution is 2.34. The standard InChI is InChI=1S/C17H14F3N3O2/c18-17(19,20)14-4-2-1-3-12(14)10-25-16-8-11(5-6-21-16)13-7-15(24)23-22-9-13/h1,3,5-9H,2,4,10H2,(H,23,24). The molecule has 2 heterocycles. The fraction of sp³-hybridized carbons (Fsp3) is 0.235. The third-order valence-corrected chi connectivity index (χ3v) is 3.72. The summed E-state index contributed by atoms with van der Waals surface area (Å²) in [5, 5.41) is 5.98. The average Bonchev–Trinajstić information content (AvgIpc) is 2.60. The van der Waals surface area contributed by atoms with Gasteiger partial charge in [-0.1, -0.05) is 12.2 Å². The van der Waals surface area contributed by atoms with Gasteiger partial charge in [-0.3, -0.25) is 4.79 Å². The van der Waals surface area contributed by atoms with Crippen LogP contribution in [0.4, 0.5) is 13.2 Å². The van der Waals surface area contributed by atoms with Gasteiger partial charge in [0.1, 0.15) is 6.61 Å². The maximum atomic E-state index is 13.0. The number of H-pyrrole nitrogens is 1. The molecule has 25 heavy (non-hydrogen) atoms. The number of hydrogen-bond donors (Lipinski definition) is 1. The fourth-order valence-corrected chi connectivity index (χ4v) is 2.53. The second-order valence-electron chi connectivity index (χ2n) is 5.45. The minimum atomic E-state index is -4.37. The average molecular weight is 349 g/mol. The van der Waals surface area contributed by atoms with Crippen LogP contribution in [0.3, 0.4) is 0 Å². The highest BCUT2D eigenvalue weighted by Gasteiger charge is 2.35. The lowest BCUT2D eigenvalue weighted by atomic mass is 9.97. The number of allylic oxidation sites excluding steroid dienone is 2. The molecule has 1 aliphatic rings. The number of rotatable bonds is 4. The van der Waals surface area contributed by atoms with Crippen LogP contribution in [0.5, 0.6) is 5.88 Å². The molecule has 0 amide bonds. The van der Waals surface area contributed by atoms with Crippen molar-refractivity contribution in [3.63, 3.8) is 0 Å². The summed E-state index contributed by atoms with van der Waals surface area (Å²) in [5.41, 5.74) is 0.370. The van der Waals surface area contributed by atoms with E-state index < -0.39 is 11.7 Å². The van der Waals surface area contributed by atoms with E-state index in [0.29, 0.717) is 17.5 Å². The minimum absolute atomic E-state index is 0.0510. The summed E-state index contributed by atoms with van der Waals surface area (Å²) in [6, 6.07) is 4.57. The quantitative estimate of drug-likeness (QED) is 0.918. The highest BCUT2D eigenvalue weighted by atomic mass is 19.4. The minimum Gasteiger partial charge on any atom is -0.473 e. The molecule has 8 heteroatoms. The predicted molar refractivity (Wildman–Crippen MR) is 85.0 cm³/mol. The zero-order valence-corrected chi connectivity index (χ0v) is 13.0. The fourth-order valence-electron chi connectivity index (χ4n) is 2.53. The van der Waals surface area contributed by atoms with Crippen LogP contribution in [-0.4, -0.2) is 28.0 Å². The maximum absolute atomic E-state index is 13.0. The number of halogens is 3. The van der Waals surface area contributed by atoms with E-state index in [4.69, 9.17) is 4.74 Å². The van der Waals surface area contributed by atoms with Gasteiger partial charge < -0.3 is 4.74 Å². The first-order valence-corrected chi connectivity index (χ1v) is 7.53. The number of ether oxygens (including phenoxy) is 1. The third kappa shape index (κ3) is 4.14. The molecule has 3 rings (SSSR count). The van der Waals surface area contributed by atoms with Crippen molar-refractivity contribution in [1.29, 1.82) is 0 Å². The highest BCUT2D eigenvalue weighted by molar-refractivity contribution is 5.62. The number of nitrogens with zero attached hydrogens (tertiary/aromatic N) is 2. The van der Waals surface area contributed by atoms with Crippen molar-refractivity contribution in [2.45, 2.75) is 19.0 Å². The topological polar surface area (TPSA) is 67.9 Å². The van der Waals surface area contributed by atoms with E-state index in [-0.39, 0.29) is 30.0 Å². The van der Waals surface area contributed by atoms with Gasteiger partial charge in [-0.25, -0.2) is 10.1 Å². The number of nitrogens with one attached hydrogen (secondary N) is 1. The summed E-state index contributed by atoms with van der Waals surface area (Å²) < 4.78 is 44.6. The van der Waals surface area contributed by atoms with Gasteiger partial charge in [0, 0.05) is 29.5 Å². The molecule has 0 spiro atoms. The molecule has 0 fully saturated rings. The molecule has 2 aromatic rings. The molecule has 5 nitrogen and oxygen atoms in total. The van der Waals surface area contributed by atoms with E-state index in [1.54, 1.807) is 18.2 Å². The number of alkyl halides is 3. The summed E-state index contributed by atoms with van der Waals surface area (Å²) in [6.07, 6.45) is 2.01. The Balaban J connectivity index is 1.80. The lowest BCUT2D eigenvalue weighted by molar-refractivity contribution is -0.0951. The van der Waals surface area contributed by atoms with E-state index in [2.05, 4.69) is 15.2 Å². The van der Waals surface area contributed by atoms with E-state index >= 15 is 0 Å². The number of hydrogen-bond acceptors (Lipinski definition) is 4. The number of pyridine rings is 1. The maximum Gasteiger partial charge on any atom is 0.413 e. The Kier molecular flexibility index (Phi) is 4.69. The van der Waals surface area contributed by atoms with Crippen LogP contribution in [0.1, 0.15) is 12.8 Å². The van der Waals surface area contributed by atoms with E-state index in [0.717, 1.165) is 0 Å². The molecule has 0 aliphatic heterocycles. The van der Waals surface area contributed by atoms with Crippen LogP contribution in [0.2, 0.25) is 0 Å². The summed E-state index contributed by atoms with van der Waals surface area (Å²) in [4.78, 5) is 15.3. The Morgan fingerprint density at radius 3 is 2.84 bits per heavy atom. The Bertz CT molecular complexity index is 885. The summed E-state index contributed by atoms with van der Waals surface area (Å²) >= 11 is 0. The zero-order chi connectivity index (χ0) is 17.9. The summed E-state index contributed by atoms with van der Waals surface area (Å²) in [5.74, 6) is 0.172. The summed E-state index contributed by atoms with van der Waals surface area (Å²) in [7, 11) is 0. The summed E-state index contributed by atoms with van der Waals surface area (Å²) in [6.45, 7) is -0.227. The Hall–Kier alpha value is -2.90. The van der Waals surface area contributed by atoms with Gasteiger partial charge in [0.05, 0.1) is 6.20 Å². The normalized spacial score (nSPS) is 14.7. The van der Waals surface area contributed by atoms with Crippen molar-refractivity contribution >= 4 is 0 Å². The molecule has 2 aromatic heterocycles. The van der Waals surface area contributed by atoms with Gasteiger partial charge in [-0.15, -0.1) is 0 Å². The smallest absolute Gasteiger partial charge is 0.413 e. The predicted octanol–water partition coefficient (Wildman–Crippen LogP) is 3.42. The lowest BCUT2D eigenvalue weighted by Crippen LogP contribution is -2.18. The first kappa shape index (κ1) is 16.9. The lowest BCUT2D eigenvalue weighted by Gasteiger charge is -2.18. The molecule has 0 atom stereocenters. The monoisotopic (exact) mass is 349 g/mol. The Morgan fingerprint density at radius 2 is 2.08 bits per heavy atom. The molecule has 0 radical (unpaired) electrons. The van der Waals surface area contributed by atoms with Gasteiger partial charge in [-0.2, -0.15) is 18.3 Å². The molecule has 0 saturated heterocycles. The number of aromatic amines is 1. The SMILES string of the molecule is O=c1cc(-c2ccnc(OCC3=C(C(F)(F)F)CCC=C3)c2)cn[nH]1. The molecule has 0 aromatic carbocycles. The van der Waals surface area contributed by atoms with E-state index in [1.807, 2.05) is 0 Å². The molecular formula is C17H14F3N3O2. The second-order valence-corrected chi connectivity index (χ2v) is 5.45. The Morgan fingerprint density at radius 1 is 1.24 bits per heavy atom. The van der Waals surface area contributed by atoms with Crippen molar-refractivity contribution in [3.8, 4) is 17.0 Å². The van der Waals surface area contributed by atoms with Gasteiger partial charge in [0.25, 0.3) is 5.56 Å². The van der Waals surface area contributed by atoms with E-state index in [9.17, 15) is 18.0 Å². The molecule has 0 unspecified atom stereocenters. The zero-order valence-electron chi connectivity index (χ0n) is 13.0. The van der Waals surface area contributed by atoms with Crippen LogP contribution in [0.25, 0.3) is 11.1 Å². The van der Waals surface area contributed by atoms with Gasteiger partial charge >= 0.3 is 6.18 Å². The van der Waals surface area contributed by atoms with Crippen LogP contribution in [-0.2, 0) is 0 Å². The molecule has 130 valence electrons. The van der Waals surface area contributed by atoms with Crippen molar-refractivity contribution in [2.75, 3.05) is 6.61 Å². The molecule has 1 N–H and O–H groups in total. The van der Waals surface area contributed by atoms with Crippen LogP contribution < -0.4 is 10.3 Å². The van der Waals surface area contributed by atoms with Gasteiger partial charge in [-0.05, 0) is 30.0 Å². The second kappa shape index (κ2) is 6.92. The third-order valence-electron chi connectivity index (χ3n) is 3.72. The van der Waals surface area contributed by atoms with Crippen molar-refractivity contribution < 1.29 is 17.9 Å². The van der Waals surface area contributed by atoms with Crippen molar-refractivity contribution in [1.82, 2.24) is 15.2 Å². The first-order chi connectivity index (χ1) is 11.9.